The van der Waals surface area contributed by atoms with E-state index in [2.05, 4.69) is 41.3 Å². The number of likely N-dealkylation sites (tertiary alicyclic amines) is 1. The lowest BCUT2D eigenvalue weighted by Crippen LogP contribution is -2.35. The minimum Gasteiger partial charge on any atom is -0.370 e. The zero-order valence-corrected chi connectivity index (χ0v) is 14.9. The number of nitrogens with two attached hydrogens (primary N) is 1. The Kier molecular flexibility index (Phi) is 5.68. The van der Waals surface area contributed by atoms with E-state index in [4.69, 9.17) is 15.7 Å². The molecule has 134 valence electrons. The zero-order chi connectivity index (χ0) is 17.6. The van der Waals surface area contributed by atoms with E-state index in [0.717, 1.165) is 31.4 Å². The van der Waals surface area contributed by atoms with Crippen LogP contribution in [0.5, 0.6) is 0 Å². The highest BCUT2D eigenvalue weighted by atomic mass is 16.5. The van der Waals surface area contributed by atoms with Crippen molar-refractivity contribution >= 4 is 5.96 Å². The van der Waals surface area contributed by atoms with Crippen LogP contribution in [0.1, 0.15) is 62.9 Å². The minimum absolute atomic E-state index is 0.0645. The summed E-state index contributed by atoms with van der Waals surface area (Å²) in [6.45, 7) is 3.00. The second-order valence-corrected chi connectivity index (χ2v) is 6.70. The van der Waals surface area contributed by atoms with Gasteiger partial charge < -0.3 is 15.2 Å². The Morgan fingerprint density at radius 3 is 2.80 bits per heavy atom. The predicted octanol–water partition coefficient (Wildman–Crippen LogP) is 3.89. The Morgan fingerprint density at radius 2 is 2.08 bits per heavy atom. The largest absolute Gasteiger partial charge is 0.370 e. The summed E-state index contributed by atoms with van der Waals surface area (Å²) >= 11 is 0. The number of hydrogen-bond acceptors (Lipinski definition) is 4. The average molecular weight is 341 g/mol. The van der Waals surface area contributed by atoms with Crippen LogP contribution in [0.4, 0.5) is 0 Å². The molecule has 2 heterocycles. The summed E-state index contributed by atoms with van der Waals surface area (Å²) in [6.07, 6.45) is 8.09. The fraction of sp³-hybridized carbons (Fsp3) is 0.526. The van der Waals surface area contributed by atoms with E-state index in [9.17, 15) is 0 Å². The zero-order valence-electron chi connectivity index (χ0n) is 14.9. The van der Waals surface area contributed by atoms with Crippen molar-refractivity contribution in [2.75, 3.05) is 6.54 Å². The van der Waals surface area contributed by atoms with Crippen molar-refractivity contribution in [2.45, 2.75) is 57.9 Å². The first-order valence-electron chi connectivity index (χ1n) is 9.22. The molecule has 6 heteroatoms. The van der Waals surface area contributed by atoms with Crippen molar-refractivity contribution in [3.8, 4) is 11.4 Å². The Bertz CT molecular complexity index is 694. The number of aromatic nitrogens is 2. The van der Waals surface area contributed by atoms with Gasteiger partial charge in [-0.15, -0.1) is 0 Å². The van der Waals surface area contributed by atoms with E-state index in [1.807, 2.05) is 4.90 Å². The van der Waals surface area contributed by atoms with Gasteiger partial charge in [0.15, 0.2) is 5.96 Å². The van der Waals surface area contributed by atoms with E-state index in [1.54, 1.807) is 0 Å². The molecule has 1 fully saturated rings. The number of hydrogen-bond donors (Lipinski definition) is 2. The average Bonchev–Trinajstić information content (AvgIpc) is 3.28. The van der Waals surface area contributed by atoms with Gasteiger partial charge >= 0.3 is 0 Å². The summed E-state index contributed by atoms with van der Waals surface area (Å²) in [5, 5.41) is 11.8. The second-order valence-electron chi connectivity index (χ2n) is 6.70. The van der Waals surface area contributed by atoms with Crippen LogP contribution in [-0.4, -0.2) is 27.5 Å². The van der Waals surface area contributed by atoms with Gasteiger partial charge in [-0.25, -0.2) is 0 Å². The van der Waals surface area contributed by atoms with Crippen LogP contribution in [0.15, 0.2) is 28.8 Å². The molecule has 0 saturated carbocycles. The fourth-order valence-electron chi connectivity index (χ4n) is 3.38. The Labute approximate surface area is 148 Å². The van der Waals surface area contributed by atoms with Crippen LogP contribution in [-0.2, 0) is 6.42 Å². The van der Waals surface area contributed by atoms with Gasteiger partial charge in [0.1, 0.15) is 6.04 Å². The third kappa shape index (κ3) is 4.18. The van der Waals surface area contributed by atoms with Crippen molar-refractivity contribution in [3.63, 3.8) is 0 Å². The van der Waals surface area contributed by atoms with E-state index in [0.29, 0.717) is 11.7 Å². The van der Waals surface area contributed by atoms with E-state index in [1.165, 1.54) is 31.2 Å². The van der Waals surface area contributed by atoms with E-state index < -0.39 is 0 Å². The molecule has 1 aromatic heterocycles. The van der Waals surface area contributed by atoms with Gasteiger partial charge in [0.25, 0.3) is 0 Å². The van der Waals surface area contributed by atoms with Crippen LogP contribution in [0.2, 0.25) is 0 Å². The maximum Gasteiger partial charge on any atom is 0.249 e. The molecule has 0 spiro atoms. The molecule has 1 unspecified atom stereocenters. The van der Waals surface area contributed by atoms with Crippen molar-refractivity contribution in [3.05, 3.63) is 35.7 Å². The molecule has 1 aromatic carbocycles. The first kappa shape index (κ1) is 17.5. The fourth-order valence-corrected chi connectivity index (χ4v) is 3.38. The lowest BCUT2D eigenvalue weighted by Gasteiger charge is -2.21. The van der Waals surface area contributed by atoms with Crippen molar-refractivity contribution in [2.24, 2.45) is 5.73 Å². The first-order chi connectivity index (χ1) is 12.2. The van der Waals surface area contributed by atoms with Gasteiger partial charge in [-0.05, 0) is 31.2 Å². The van der Waals surface area contributed by atoms with Crippen LogP contribution >= 0.6 is 0 Å². The van der Waals surface area contributed by atoms with Crippen LogP contribution < -0.4 is 5.73 Å². The molecule has 1 aliphatic heterocycles. The highest BCUT2D eigenvalue weighted by Crippen LogP contribution is 2.31. The number of rotatable bonds is 7. The molecule has 1 saturated heterocycles. The SMILES string of the molecule is CCCCCCc1ccc(-c2noc(C3CCCN3C(=N)N)n2)cc1. The Hall–Kier alpha value is -2.37. The first-order valence-corrected chi connectivity index (χ1v) is 9.22. The van der Waals surface area contributed by atoms with Crippen molar-refractivity contribution in [1.82, 2.24) is 15.0 Å². The topological polar surface area (TPSA) is 92.0 Å². The molecule has 0 amide bonds. The molecular formula is C19H27N5O. The molecule has 25 heavy (non-hydrogen) atoms. The summed E-state index contributed by atoms with van der Waals surface area (Å²) < 4.78 is 5.45. The lowest BCUT2D eigenvalue weighted by atomic mass is 10.0. The lowest BCUT2D eigenvalue weighted by molar-refractivity contribution is 0.283. The summed E-state index contributed by atoms with van der Waals surface area (Å²) in [7, 11) is 0. The third-order valence-corrected chi connectivity index (χ3v) is 4.82. The molecule has 3 N–H and O–H groups in total. The Morgan fingerprint density at radius 1 is 1.28 bits per heavy atom. The number of guanidine groups is 1. The van der Waals surface area contributed by atoms with Crippen LogP contribution in [0, 0.1) is 5.41 Å². The maximum absolute atomic E-state index is 7.66. The van der Waals surface area contributed by atoms with Gasteiger partial charge in [0.05, 0.1) is 0 Å². The van der Waals surface area contributed by atoms with Crippen molar-refractivity contribution in [1.29, 1.82) is 5.41 Å². The minimum atomic E-state index is -0.0726. The molecular weight excluding hydrogens is 314 g/mol. The molecule has 0 radical (unpaired) electrons. The molecule has 0 bridgehead atoms. The summed E-state index contributed by atoms with van der Waals surface area (Å²) in [4.78, 5) is 6.36. The van der Waals surface area contributed by atoms with Gasteiger partial charge in [-0.3, -0.25) is 5.41 Å². The molecule has 6 nitrogen and oxygen atoms in total. The number of unbranched alkanes of at least 4 members (excludes halogenated alkanes) is 3. The van der Waals surface area contributed by atoms with Crippen molar-refractivity contribution < 1.29 is 4.52 Å². The highest BCUT2D eigenvalue weighted by Gasteiger charge is 2.31. The van der Waals surface area contributed by atoms with Crippen LogP contribution in [0.3, 0.4) is 0 Å². The van der Waals surface area contributed by atoms with E-state index in [-0.39, 0.29) is 12.0 Å². The van der Waals surface area contributed by atoms with Gasteiger partial charge in [0.2, 0.25) is 11.7 Å². The summed E-state index contributed by atoms with van der Waals surface area (Å²) in [5.74, 6) is 1.21. The monoisotopic (exact) mass is 341 g/mol. The Balaban J connectivity index is 1.65. The molecule has 1 aliphatic rings. The predicted molar refractivity (Wildman–Crippen MR) is 98.2 cm³/mol. The highest BCUT2D eigenvalue weighted by molar-refractivity contribution is 5.75. The smallest absolute Gasteiger partial charge is 0.249 e. The standard InChI is InChI=1S/C19H27N5O/c1-2-3-4-5-7-14-9-11-15(12-10-14)17-22-18(25-23-17)16-8-6-13-24(16)19(20)21/h9-12,16H,2-8,13H2,1H3,(H3,20,21). The summed E-state index contributed by atoms with van der Waals surface area (Å²) in [5.41, 5.74) is 7.95. The number of benzene rings is 1. The van der Waals surface area contributed by atoms with E-state index >= 15 is 0 Å². The van der Waals surface area contributed by atoms with Gasteiger partial charge in [0, 0.05) is 12.1 Å². The molecule has 0 aliphatic carbocycles. The third-order valence-electron chi connectivity index (χ3n) is 4.82. The number of nitrogens with zero attached hydrogens (tertiary/aromatic N) is 3. The second kappa shape index (κ2) is 8.14. The molecule has 1 atom stereocenters. The molecule has 2 aromatic rings. The maximum atomic E-state index is 7.66. The number of nitrogens with one attached hydrogen (secondary N) is 1. The molecule has 3 rings (SSSR count). The van der Waals surface area contributed by atoms with Gasteiger partial charge in [-0.1, -0.05) is 55.6 Å². The van der Waals surface area contributed by atoms with Crippen LogP contribution in [0.25, 0.3) is 11.4 Å². The normalized spacial score (nSPS) is 17.2. The van der Waals surface area contributed by atoms with Gasteiger partial charge in [-0.2, -0.15) is 4.98 Å². The quantitative estimate of drug-likeness (QED) is 0.453. The summed E-state index contributed by atoms with van der Waals surface area (Å²) in [6, 6.07) is 8.34. The number of aryl methyl sites for hydroxylation is 1.